The molecule has 14 aromatic rings. The molecule has 4 aliphatic heterocycles. The monoisotopic (exact) mass is 1200 g/mol. The van der Waals surface area contributed by atoms with Crippen LogP contribution in [-0.2, 0) is 10.1 Å². The van der Waals surface area contributed by atoms with Crippen LogP contribution in [0.25, 0.3) is 98.3 Å². The first-order valence-electron chi connectivity index (χ1n) is 29.0. The average Bonchev–Trinajstić information content (AvgIpc) is 0.720. The molecular formula is C75H38N4O11S. The largest absolute Gasteiger partial charge is 0.295 e. The molecule has 0 bridgehead atoms. The normalized spacial score (nSPS) is 15.1. The van der Waals surface area contributed by atoms with Crippen molar-refractivity contribution < 1.29 is 51.3 Å². The number of hydrogen-bond donors (Lipinski definition) is 1. The van der Waals surface area contributed by atoms with Gasteiger partial charge in [0.25, 0.3) is 57.4 Å². The van der Waals surface area contributed by atoms with Crippen LogP contribution < -0.4 is 19.6 Å². The summed E-state index contributed by atoms with van der Waals surface area (Å²) in [5, 5.41) is 11.9. The van der Waals surface area contributed by atoms with Crippen molar-refractivity contribution in [1.29, 1.82) is 0 Å². The fraction of sp³-hybridized carbons (Fsp3) is 0.0133. The third kappa shape index (κ3) is 6.90. The molecule has 15 nitrogen and oxygen atoms in total. The van der Waals surface area contributed by atoms with Gasteiger partial charge in [-0.3, -0.25) is 42.9 Å². The van der Waals surface area contributed by atoms with Crippen LogP contribution >= 0.6 is 0 Å². The number of rotatable bonds is 7. The van der Waals surface area contributed by atoms with Crippen molar-refractivity contribution in [3.63, 3.8) is 0 Å². The Kier molecular flexibility index (Phi) is 10.3. The van der Waals surface area contributed by atoms with Crippen molar-refractivity contribution in [3.05, 3.63) is 255 Å². The molecule has 0 saturated carbocycles. The lowest BCUT2D eigenvalue weighted by Gasteiger charge is -2.32. The summed E-state index contributed by atoms with van der Waals surface area (Å²) in [6.45, 7) is 1.72. The van der Waals surface area contributed by atoms with E-state index in [2.05, 4.69) is 0 Å². The highest BCUT2D eigenvalue weighted by atomic mass is 32.2. The highest BCUT2D eigenvalue weighted by Gasteiger charge is 2.44. The molecule has 8 amide bonds. The number of benzene rings is 14. The predicted octanol–water partition coefficient (Wildman–Crippen LogP) is 14.7. The average molecular weight is 1200 g/mol. The topological polar surface area (TPSA) is 204 Å². The van der Waals surface area contributed by atoms with E-state index in [9.17, 15) is 51.3 Å². The third-order valence-electron chi connectivity index (χ3n) is 18.8. The van der Waals surface area contributed by atoms with Crippen molar-refractivity contribution in [2.45, 2.75) is 11.8 Å². The lowest BCUT2D eigenvalue weighted by molar-refractivity contribution is 0.0873. The summed E-state index contributed by atoms with van der Waals surface area (Å²) in [4.78, 5) is 121. The number of nitrogens with zero attached hydrogens (tertiary/aromatic N) is 4. The van der Waals surface area contributed by atoms with E-state index in [0.29, 0.717) is 27.9 Å². The minimum Gasteiger partial charge on any atom is -0.282 e. The van der Waals surface area contributed by atoms with Crippen molar-refractivity contribution in [2.24, 2.45) is 0 Å². The minimum absolute atomic E-state index is 0.0161. The first kappa shape index (κ1) is 52.1. The molecule has 16 heteroatoms. The zero-order chi connectivity index (χ0) is 61.9. The SMILES string of the molecule is Cc1cc(N2C(=O)c3ccc4c5c(ccc(c35)C2=O)C(=O)N(c2ccc3ccc5cccc6ccc2c3c56)C4=O)ccc1/C=C/c1ccc(N2C(=O)c3ccc4c5c(ccc(c35)C2=O)C(=O)N(c2ccc3ccc5cccc6ccc2c3c56)C4=O)cc1S(=O)(=O)O. The molecule has 0 unspecified atom stereocenters. The van der Waals surface area contributed by atoms with Crippen molar-refractivity contribution in [2.75, 3.05) is 19.6 Å². The van der Waals surface area contributed by atoms with Crippen molar-refractivity contribution in [1.82, 2.24) is 0 Å². The van der Waals surface area contributed by atoms with E-state index in [1.54, 1.807) is 43.3 Å². The maximum Gasteiger partial charge on any atom is 0.295 e. The van der Waals surface area contributed by atoms with Gasteiger partial charge in [0, 0.05) is 76.8 Å². The Morgan fingerprint density at radius 3 is 0.956 bits per heavy atom. The fourth-order valence-electron chi connectivity index (χ4n) is 14.7. The highest BCUT2D eigenvalue weighted by Crippen LogP contribution is 2.47. The molecule has 4 heterocycles. The molecule has 18 rings (SSSR count). The van der Waals surface area contributed by atoms with E-state index in [1.165, 1.54) is 71.6 Å². The van der Waals surface area contributed by atoms with Crippen LogP contribution in [0.1, 0.15) is 99.6 Å². The Bertz CT molecular complexity index is 5930. The van der Waals surface area contributed by atoms with Crippen LogP contribution in [0.3, 0.4) is 0 Å². The maximum absolute atomic E-state index is 14.7. The number of carbonyl (C=O) groups excluding carboxylic acids is 8. The summed E-state index contributed by atoms with van der Waals surface area (Å²) in [7, 11) is -5.04. The van der Waals surface area contributed by atoms with Gasteiger partial charge in [-0.1, -0.05) is 121 Å². The Morgan fingerprint density at radius 1 is 0.308 bits per heavy atom. The second kappa shape index (κ2) is 18.0. The fourth-order valence-corrected chi connectivity index (χ4v) is 15.4. The van der Waals surface area contributed by atoms with E-state index in [-0.39, 0.29) is 83.0 Å². The second-order valence-electron chi connectivity index (χ2n) is 23.4. The first-order chi connectivity index (χ1) is 44.0. The van der Waals surface area contributed by atoms with Crippen molar-refractivity contribution >= 4 is 178 Å². The van der Waals surface area contributed by atoms with Gasteiger partial charge < -0.3 is 0 Å². The third-order valence-corrected chi connectivity index (χ3v) is 19.7. The van der Waals surface area contributed by atoms with Gasteiger partial charge in [-0.25, -0.2) is 19.6 Å². The van der Waals surface area contributed by atoms with Gasteiger partial charge in [0.15, 0.2) is 0 Å². The van der Waals surface area contributed by atoms with E-state index < -0.39 is 62.3 Å². The first-order valence-corrected chi connectivity index (χ1v) is 30.5. The molecule has 0 aromatic heterocycles. The summed E-state index contributed by atoms with van der Waals surface area (Å²) in [5.41, 5.74) is 2.58. The highest BCUT2D eigenvalue weighted by molar-refractivity contribution is 7.86. The van der Waals surface area contributed by atoms with Gasteiger partial charge in [0.05, 0.1) is 22.7 Å². The molecular weight excluding hydrogens is 1160 g/mol. The molecule has 1 N–H and O–H groups in total. The quantitative estimate of drug-likeness (QED) is 0.0688. The zero-order valence-electron chi connectivity index (χ0n) is 47.4. The van der Waals surface area contributed by atoms with Gasteiger partial charge in [-0.2, -0.15) is 8.42 Å². The molecule has 0 saturated heterocycles. The smallest absolute Gasteiger partial charge is 0.282 e. The molecule has 430 valence electrons. The van der Waals surface area contributed by atoms with Gasteiger partial charge in [0.1, 0.15) is 4.90 Å². The van der Waals surface area contributed by atoms with Gasteiger partial charge in [-0.15, -0.1) is 0 Å². The molecule has 0 atom stereocenters. The van der Waals surface area contributed by atoms with Crippen LogP contribution in [-0.4, -0.2) is 60.2 Å². The van der Waals surface area contributed by atoms with E-state index in [4.69, 9.17) is 0 Å². The summed E-state index contributed by atoms with van der Waals surface area (Å²) in [6.07, 6.45) is 2.97. The maximum atomic E-state index is 14.7. The standard InChI is InChI=1S/C75H38N4O11S/c1-36-34-45(76-68(80)49-24-28-53-66-54(29-25-50(64(49)66)69(76)81)73(85)78(72(53)84)57-32-18-43-12-10-39-4-2-6-41-16-22-47(57)62(43)60(39)41)20-14-37(36)8-9-38-15-21-46(35-59(38)91(88,89)90)77-70(82)51-26-30-55-67-56(31-27-52(65(51)67)71(77)83)75(87)79(74(55)86)58-33-19-44-13-11-40-5-3-7-42-17-23-48(58)63(44)61(40)42/h2-35H,1H3,(H,88,89,90)/b9-8+. The molecule has 4 aliphatic rings. The number of aryl methyl sites for hydroxylation is 1. The van der Waals surface area contributed by atoms with Gasteiger partial charge in [0.2, 0.25) is 0 Å². The summed E-state index contributed by atoms with van der Waals surface area (Å²) >= 11 is 0. The van der Waals surface area contributed by atoms with Crippen LogP contribution in [0.5, 0.6) is 0 Å². The lowest BCUT2D eigenvalue weighted by atomic mass is 9.85. The molecule has 14 aromatic carbocycles. The van der Waals surface area contributed by atoms with E-state index >= 15 is 0 Å². The molecule has 0 spiro atoms. The van der Waals surface area contributed by atoms with Crippen LogP contribution in [0, 0.1) is 6.92 Å². The second-order valence-corrected chi connectivity index (χ2v) is 24.8. The Balaban J connectivity index is 0.629. The molecule has 91 heavy (non-hydrogen) atoms. The lowest BCUT2D eigenvalue weighted by Crippen LogP contribution is -2.43. The number of amides is 8. The van der Waals surface area contributed by atoms with Crippen LogP contribution in [0.4, 0.5) is 22.7 Å². The van der Waals surface area contributed by atoms with Crippen molar-refractivity contribution in [3.8, 4) is 0 Å². The summed E-state index contributed by atoms with van der Waals surface area (Å²) < 4.78 is 37.1. The zero-order valence-corrected chi connectivity index (χ0v) is 48.2. The van der Waals surface area contributed by atoms with Crippen LogP contribution in [0.15, 0.2) is 199 Å². The van der Waals surface area contributed by atoms with E-state index in [0.717, 1.165) is 80.0 Å². The Labute approximate surface area is 513 Å². The molecule has 0 aliphatic carbocycles. The van der Waals surface area contributed by atoms with Gasteiger partial charge in [-0.05, 0) is 162 Å². The predicted molar refractivity (Wildman–Crippen MR) is 349 cm³/mol. The Morgan fingerprint density at radius 2 is 0.604 bits per heavy atom. The molecule has 0 fully saturated rings. The number of carbonyl (C=O) groups is 8. The minimum atomic E-state index is -5.04. The van der Waals surface area contributed by atoms with Crippen LogP contribution in [0.2, 0.25) is 0 Å². The number of hydrogen-bond acceptors (Lipinski definition) is 10. The number of imide groups is 4. The molecule has 0 radical (unpaired) electrons. The summed E-state index contributed by atoms with van der Waals surface area (Å²) in [6, 6.07) is 55.3. The van der Waals surface area contributed by atoms with E-state index in [1.807, 2.05) is 97.1 Å². The summed E-state index contributed by atoms with van der Waals surface area (Å²) in [5.74, 6) is -5.56. The number of anilines is 4. The Hall–Kier alpha value is -12.1. The van der Waals surface area contributed by atoms with Gasteiger partial charge >= 0.3 is 0 Å².